The number of Topliss-reactive ketones (excluding diaryl/α,β-unsaturated/α-hetero) is 1. The van der Waals surface area contributed by atoms with Crippen LogP contribution in [-0.2, 0) is 26.2 Å². The van der Waals surface area contributed by atoms with E-state index in [1.54, 1.807) is 12.1 Å². The van der Waals surface area contributed by atoms with E-state index in [1.165, 1.54) is 31.2 Å². The molecule has 0 spiro atoms. The summed E-state index contributed by atoms with van der Waals surface area (Å²) in [5.74, 6) is -0.931. The zero-order chi connectivity index (χ0) is 17.6. The van der Waals surface area contributed by atoms with Crippen LogP contribution in [0.25, 0.3) is 0 Å². The fourth-order valence-corrected chi connectivity index (χ4v) is 2.92. The van der Waals surface area contributed by atoms with Crippen molar-refractivity contribution < 1.29 is 22.7 Å². The molecule has 24 heavy (non-hydrogen) atoms. The second kappa shape index (κ2) is 7.85. The molecule has 1 N–H and O–H groups in total. The summed E-state index contributed by atoms with van der Waals surface area (Å²) in [6.07, 6.45) is 0. The Labute approximate surface area is 140 Å². The average molecular weight is 347 g/mol. The van der Waals surface area contributed by atoms with Crippen molar-refractivity contribution in [1.82, 2.24) is 4.72 Å². The Morgan fingerprint density at radius 3 is 2.42 bits per heavy atom. The molecular formula is C17H17NO5S. The van der Waals surface area contributed by atoms with Crippen LogP contribution in [0.15, 0.2) is 59.5 Å². The van der Waals surface area contributed by atoms with Crippen molar-refractivity contribution in [2.75, 3.05) is 6.54 Å². The smallest absolute Gasteiger partial charge is 0.321 e. The molecule has 0 aliphatic carbocycles. The molecule has 0 saturated carbocycles. The molecule has 2 rings (SSSR count). The third-order valence-corrected chi connectivity index (χ3v) is 4.60. The number of nitrogens with one attached hydrogen (secondary N) is 1. The number of ketones is 1. The van der Waals surface area contributed by atoms with Gasteiger partial charge in [-0.3, -0.25) is 9.59 Å². The van der Waals surface area contributed by atoms with Crippen LogP contribution in [0, 0.1) is 0 Å². The Balaban J connectivity index is 1.93. The van der Waals surface area contributed by atoms with Gasteiger partial charge in [0.1, 0.15) is 13.2 Å². The molecule has 0 bridgehead atoms. The van der Waals surface area contributed by atoms with Crippen molar-refractivity contribution in [2.24, 2.45) is 0 Å². The maximum Gasteiger partial charge on any atom is 0.321 e. The van der Waals surface area contributed by atoms with E-state index in [2.05, 4.69) is 4.72 Å². The van der Waals surface area contributed by atoms with Gasteiger partial charge in [-0.05, 0) is 24.6 Å². The molecule has 0 aromatic heterocycles. The number of carbonyl (C=O) groups excluding carboxylic acids is 2. The fourth-order valence-electron chi connectivity index (χ4n) is 1.91. The summed E-state index contributed by atoms with van der Waals surface area (Å²) < 4.78 is 31.5. The molecule has 0 radical (unpaired) electrons. The van der Waals surface area contributed by atoms with Crippen LogP contribution >= 0.6 is 0 Å². The third kappa shape index (κ3) is 5.00. The van der Waals surface area contributed by atoms with Crippen LogP contribution in [-0.4, -0.2) is 26.7 Å². The number of ether oxygens (including phenoxy) is 1. The van der Waals surface area contributed by atoms with Crippen molar-refractivity contribution in [1.29, 1.82) is 0 Å². The molecule has 126 valence electrons. The SMILES string of the molecule is CC(=O)c1cccc(S(=O)(=O)NCC(=O)OCc2ccccc2)c1. The van der Waals surface area contributed by atoms with Gasteiger partial charge in [0.15, 0.2) is 5.78 Å². The number of carbonyl (C=O) groups is 2. The van der Waals surface area contributed by atoms with Gasteiger partial charge in [-0.1, -0.05) is 42.5 Å². The summed E-state index contributed by atoms with van der Waals surface area (Å²) in [5, 5.41) is 0. The molecule has 0 amide bonds. The van der Waals surface area contributed by atoms with Gasteiger partial charge in [-0.15, -0.1) is 0 Å². The molecule has 0 aliphatic rings. The quantitative estimate of drug-likeness (QED) is 0.610. The second-order valence-corrected chi connectivity index (χ2v) is 6.82. The van der Waals surface area contributed by atoms with Gasteiger partial charge >= 0.3 is 5.97 Å². The molecule has 0 heterocycles. The molecule has 0 fully saturated rings. The van der Waals surface area contributed by atoms with Gasteiger partial charge in [-0.25, -0.2) is 8.42 Å². The Kier molecular flexibility index (Phi) is 5.83. The number of rotatable bonds is 7. The fraction of sp³-hybridized carbons (Fsp3) is 0.176. The summed E-state index contributed by atoms with van der Waals surface area (Å²) in [5.41, 5.74) is 1.09. The van der Waals surface area contributed by atoms with Crippen LogP contribution in [0.3, 0.4) is 0 Å². The van der Waals surface area contributed by atoms with E-state index < -0.39 is 22.5 Å². The topological polar surface area (TPSA) is 89.5 Å². The van der Waals surface area contributed by atoms with E-state index in [0.29, 0.717) is 0 Å². The lowest BCUT2D eigenvalue weighted by molar-refractivity contribution is -0.143. The lowest BCUT2D eigenvalue weighted by atomic mass is 10.2. The molecular weight excluding hydrogens is 330 g/mol. The van der Waals surface area contributed by atoms with Crippen molar-refractivity contribution in [3.8, 4) is 0 Å². The maximum absolute atomic E-state index is 12.2. The van der Waals surface area contributed by atoms with Crippen LogP contribution in [0.1, 0.15) is 22.8 Å². The molecule has 2 aromatic rings. The largest absolute Gasteiger partial charge is 0.460 e. The minimum atomic E-state index is -3.90. The first-order valence-corrected chi connectivity index (χ1v) is 8.67. The Morgan fingerprint density at radius 1 is 1.04 bits per heavy atom. The van der Waals surface area contributed by atoms with Gasteiger partial charge in [0.25, 0.3) is 0 Å². The zero-order valence-corrected chi connectivity index (χ0v) is 13.9. The predicted molar refractivity (Wildman–Crippen MR) is 87.9 cm³/mol. The van der Waals surface area contributed by atoms with Crippen LogP contribution in [0.5, 0.6) is 0 Å². The first-order chi connectivity index (χ1) is 11.4. The summed E-state index contributed by atoms with van der Waals surface area (Å²) in [7, 11) is -3.90. The van der Waals surface area contributed by atoms with E-state index in [4.69, 9.17) is 4.74 Å². The molecule has 0 aliphatic heterocycles. The minimum absolute atomic E-state index is 0.0707. The number of esters is 1. The average Bonchev–Trinajstić information content (AvgIpc) is 2.59. The number of hydrogen-bond donors (Lipinski definition) is 1. The minimum Gasteiger partial charge on any atom is -0.460 e. The standard InChI is InChI=1S/C17H17NO5S/c1-13(19)15-8-5-9-16(10-15)24(21,22)18-11-17(20)23-12-14-6-3-2-4-7-14/h2-10,18H,11-12H2,1H3. The summed E-state index contributed by atoms with van der Waals surface area (Å²) >= 11 is 0. The molecule has 0 saturated heterocycles. The molecule has 6 nitrogen and oxygen atoms in total. The summed E-state index contributed by atoms with van der Waals surface area (Å²) in [4.78, 5) is 22.9. The zero-order valence-electron chi connectivity index (χ0n) is 13.1. The normalized spacial score (nSPS) is 11.0. The molecule has 0 unspecified atom stereocenters. The van der Waals surface area contributed by atoms with Crippen LogP contribution in [0.4, 0.5) is 0 Å². The van der Waals surface area contributed by atoms with Crippen LogP contribution < -0.4 is 4.72 Å². The number of benzene rings is 2. The lowest BCUT2D eigenvalue weighted by Gasteiger charge is -2.08. The molecule has 2 aromatic carbocycles. The molecule has 7 heteroatoms. The van der Waals surface area contributed by atoms with Gasteiger partial charge in [-0.2, -0.15) is 4.72 Å². The highest BCUT2D eigenvalue weighted by Crippen LogP contribution is 2.12. The third-order valence-electron chi connectivity index (χ3n) is 3.20. The number of hydrogen-bond acceptors (Lipinski definition) is 5. The molecule has 0 atom stereocenters. The van der Waals surface area contributed by atoms with E-state index in [0.717, 1.165) is 5.56 Å². The summed E-state index contributed by atoms with van der Waals surface area (Å²) in [6, 6.07) is 14.7. The van der Waals surface area contributed by atoms with Crippen molar-refractivity contribution in [3.63, 3.8) is 0 Å². The van der Waals surface area contributed by atoms with E-state index in [9.17, 15) is 18.0 Å². The Bertz CT molecular complexity index is 831. The van der Waals surface area contributed by atoms with E-state index in [-0.39, 0.29) is 22.8 Å². The van der Waals surface area contributed by atoms with Crippen molar-refractivity contribution >= 4 is 21.8 Å². The Morgan fingerprint density at radius 2 is 1.75 bits per heavy atom. The van der Waals surface area contributed by atoms with E-state index in [1.807, 2.05) is 18.2 Å². The highest BCUT2D eigenvalue weighted by atomic mass is 32.2. The maximum atomic E-state index is 12.2. The first kappa shape index (κ1) is 17.8. The Hall–Kier alpha value is -2.51. The number of sulfonamides is 1. The van der Waals surface area contributed by atoms with Gasteiger partial charge in [0, 0.05) is 5.56 Å². The lowest BCUT2D eigenvalue weighted by Crippen LogP contribution is -2.30. The van der Waals surface area contributed by atoms with Gasteiger partial charge < -0.3 is 4.74 Å². The van der Waals surface area contributed by atoms with Crippen molar-refractivity contribution in [2.45, 2.75) is 18.4 Å². The second-order valence-electron chi connectivity index (χ2n) is 5.05. The first-order valence-electron chi connectivity index (χ1n) is 7.19. The predicted octanol–water partition coefficient (Wildman–Crippen LogP) is 1.91. The highest BCUT2D eigenvalue weighted by molar-refractivity contribution is 7.89. The van der Waals surface area contributed by atoms with Gasteiger partial charge in [0.2, 0.25) is 10.0 Å². The van der Waals surface area contributed by atoms with Crippen LogP contribution in [0.2, 0.25) is 0 Å². The summed E-state index contributed by atoms with van der Waals surface area (Å²) in [6.45, 7) is 0.931. The monoisotopic (exact) mass is 347 g/mol. The van der Waals surface area contributed by atoms with Gasteiger partial charge in [0.05, 0.1) is 4.90 Å². The van der Waals surface area contributed by atoms with E-state index >= 15 is 0 Å². The highest BCUT2D eigenvalue weighted by Gasteiger charge is 2.17. The van der Waals surface area contributed by atoms with Crippen molar-refractivity contribution in [3.05, 3.63) is 65.7 Å².